The molecule has 0 aliphatic heterocycles. The molecule has 1 aromatic rings. The van der Waals surface area contributed by atoms with Gasteiger partial charge in [0.25, 0.3) is 0 Å². The van der Waals surface area contributed by atoms with Gasteiger partial charge in [-0.2, -0.15) is 0 Å². The van der Waals surface area contributed by atoms with E-state index in [1.807, 2.05) is 12.1 Å². The molecule has 4 heteroatoms. The lowest BCUT2D eigenvalue weighted by Gasteiger charge is -2.05. The fourth-order valence-electron chi connectivity index (χ4n) is 1.27. The molecule has 0 saturated carbocycles. The first-order chi connectivity index (χ1) is 7.43. The Morgan fingerprint density at radius 1 is 1.20 bits per heavy atom. The summed E-state index contributed by atoms with van der Waals surface area (Å²) in [6.45, 7) is 4.59. The molecule has 0 radical (unpaired) electrons. The fraction of sp³-hybridized carbons (Fsp3) is 0.636. The Morgan fingerprint density at radius 3 is 2.67 bits per heavy atom. The monoisotopic (exact) mass is 212 g/mol. The molecule has 1 rings (SSSR count). The van der Waals surface area contributed by atoms with Crippen LogP contribution in [-0.2, 0) is 11.2 Å². The Bertz CT molecular complexity index is 225. The maximum absolute atomic E-state index is 5.22. The first kappa shape index (κ1) is 12.2. The van der Waals surface area contributed by atoms with E-state index in [9.17, 15) is 0 Å². The molecule has 2 N–H and O–H groups in total. The number of nitrogens with one attached hydrogen (secondary N) is 2. The normalized spacial score (nSPS) is 10.7. The molecule has 0 amide bonds. The van der Waals surface area contributed by atoms with E-state index in [1.54, 1.807) is 13.4 Å². The zero-order valence-electron chi connectivity index (χ0n) is 9.29. The van der Waals surface area contributed by atoms with Gasteiger partial charge in [0, 0.05) is 39.7 Å². The van der Waals surface area contributed by atoms with Gasteiger partial charge in [-0.25, -0.2) is 0 Å². The average Bonchev–Trinajstić information content (AvgIpc) is 2.75. The van der Waals surface area contributed by atoms with Crippen molar-refractivity contribution in [2.75, 3.05) is 39.9 Å². The van der Waals surface area contributed by atoms with Crippen LogP contribution in [-0.4, -0.2) is 39.9 Å². The Kier molecular flexibility index (Phi) is 6.90. The van der Waals surface area contributed by atoms with Gasteiger partial charge in [-0.05, 0) is 12.1 Å². The van der Waals surface area contributed by atoms with Crippen molar-refractivity contribution in [2.45, 2.75) is 6.42 Å². The third-order valence-electron chi connectivity index (χ3n) is 2.09. The molecule has 0 bridgehead atoms. The summed E-state index contributed by atoms with van der Waals surface area (Å²) in [6.07, 6.45) is 2.66. The molecule has 0 atom stereocenters. The second-order valence-corrected chi connectivity index (χ2v) is 3.32. The summed E-state index contributed by atoms with van der Waals surface area (Å²) in [4.78, 5) is 0. The molecule has 0 unspecified atom stereocenters. The van der Waals surface area contributed by atoms with E-state index in [-0.39, 0.29) is 0 Å². The number of furan rings is 1. The highest BCUT2D eigenvalue weighted by Crippen LogP contribution is 1.98. The predicted octanol–water partition coefficient (Wildman–Crippen LogP) is 0.648. The van der Waals surface area contributed by atoms with Crippen molar-refractivity contribution < 1.29 is 9.15 Å². The summed E-state index contributed by atoms with van der Waals surface area (Å²) in [5.41, 5.74) is 0. The van der Waals surface area contributed by atoms with Gasteiger partial charge in [0.05, 0.1) is 12.9 Å². The minimum atomic E-state index is 0.770. The molecule has 0 spiro atoms. The molecular weight excluding hydrogens is 192 g/mol. The van der Waals surface area contributed by atoms with Gasteiger partial charge in [-0.1, -0.05) is 0 Å². The quantitative estimate of drug-likeness (QED) is 0.590. The maximum atomic E-state index is 5.22. The van der Waals surface area contributed by atoms with Crippen LogP contribution < -0.4 is 10.6 Å². The molecule has 0 aromatic carbocycles. The zero-order valence-corrected chi connectivity index (χ0v) is 9.29. The number of hydrogen-bond acceptors (Lipinski definition) is 4. The highest BCUT2D eigenvalue weighted by molar-refractivity contribution is 4.98. The van der Waals surface area contributed by atoms with Crippen molar-refractivity contribution in [3.05, 3.63) is 24.2 Å². The van der Waals surface area contributed by atoms with E-state index in [0.29, 0.717) is 0 Å². The second kappa shape index (κ2) is 8.47. The summed E-state index contributed by atoms with van der Waals surface area (Å²) < 4.78 is 10.1. The van der Waals surface area contributed by atoms with Crippen LogP contribution in [0.3, 0.4) is 0 Å². The maximum Gasteiger partial charge on any atom is 0.105 e. The zero-order chi connectivity index (χ0) is 10.8. The summed E-state index contributed by atoms with van der Waals surface area (Å²) in [5, 5.41) is 6.61. The molecule has 1 heterocycles. The van der Waals surface area contributed by atoms with Gasteiger partial charge in [0.2, 0.25) is 0 Å². The van der Waals surface area contributed by atoms with E-state index in [1.165, 1.54) is 0 Å². The van der Waals surface area contributed by atoms with Crippen LogP contribution in [0.15, 0.2) is 22.8 Å². The van der Waals surface area contributed by atoms with E-state index in [2.05, 4.69) is 10.6 Å². The summed E-state index contributed by atoms with van der Waals surface area (Å²) in [7, 11) is 1.71. The first-order valence-corrected chi connectivity index (χ1v) is 5.36. The van der Waals surface area contributed by atoms with Gasteiger partial charge >= 0.3 is 0 Å². The molecular formula is C11H20N2O2. The Labute approximate surface area is 91.0 Å². The molecule has 86 valence electrons. The number of hydrogen-bond donors (Lipinski definition) is 2. The standard InChI is InChI=1S/C11H20N2O2/c1-14-10-8-13-7-6-12-5-4-11-3-2-9-15-11/h2-3,9,12-13H,4-8,10H2,1H3. The minimum Gasteiger partial charge on any atom is -0.469 e. The SMILES string of the molecule is COCCNCCNCCc1ccco1. The molecule has 0 aliphatic carbocycles. The van der Waals surface area contributed by atoms with Crippen LogP contribution in [0.5, 0.6) is 0 Å². The number of methoxy groups -OCH3 is 1. The van der Waals surface area contributed by atoms with Crippen LogP contribution >= 0.6 is 0 Å². The van der Waals surface area contributed by atoms with Crippen molar-refractivity contribution in [1.82, 2.24) is 10.6 Å². The van der Waals surface area contributed by atoms with Crippen molar-refractivity contribution in [2.24, 2.45) is 0 Å². The fourth-order valence-corrected chi connectivity index (χ4v) is 1.27. The minimum absolute atomic E-state index is 0.770. The van der Waals surface area contributed by atoms with E-state index in [4.69, 9.17) is 9.15 Å². The Balaban J connectivity index is 1.81. The molecule has 0 fully saturated rings. The van der Waals surface area contributed by atoms with Crippen LogP contribution in [0.25, 0.3) is 0 Å². The van der Waals surface area contributed by atoms with Crippen molar-refractivity contribution in [3.8, 4) is 0 Å². The van der Waals surface area contributed by atoms with E-state index >= 15 is 0 Å². The third-order valence-corrected chi connectivity index (χ3v) is 2.09. The van der Waals surface area contributed by atoms with E-state index in [0.717, 1.165) is 45.0 Å². The van der Waals surface area contributed by atoms with Gasteiger partial charge in [0.1, 0.15) is 5.76 Å². The average molecular weight is 212 g/mol. The molecule has 4 nitrogen and oxygen atoms in total. The highest BCUT2D eigenvalue weighted by Gasteiger charge is 1.94. The number of ether oxygens (including phenoxy) is 1. The van der Waals surface area contributed by atoms with Crippen LogP contribution in [0.2, 0.25) is 0 Å². The lowest BCUT2D eigenvalue weighted by Crippen LogP contribution is -2.30. The first-order valence-electron chi connectivity index (χ1n) is 5.36. The lowest BCUT2D eigenvalue weighted by molar-refractivity contribution is 0.199. The molecule has 0 aliphatic rings. The number of rotatable bonds is 9. The van der Waals surface area contributed by atoms with Gasteiger partial charge in [0.15, 0.2) is 0 Å². The predicted molar refractivity (Wildman–Crippen MR) is 60.0 cm³/mol. The van der Waals surface area contributed by atoms with Crippen LogP contribution in [0.4, 0.5) is 0 Å². The smallest absolute Gasteiger partial charge is 0.105 e. The highest BCUT2D eigenvalue weighted by atomic mass is 16.5. The van der Waals surface area contributed by atoms with Crippen LogP contribution in [0.1, 0.15) is 5.76 Å². The van der Waals surface area contributed by atoms with Gasteiger partial charge in [-0.15, -0.1) is 0 Å². The van der Waals surface area contributed by atoms with Crippen molar-refractivity contribution in [3.63, 3.8) is 0 Å². The lowest BCUT2D eigenvalue weighted by atomic mass is 10.3. The molecule has 0 saturated heterocycles. The molecule has 1 aromatic heterocycles. The Hall–Kier alpha value is -0.840. The summed E-state index contributed by atoms with van der Waals surface area (Å²) in [6, 6.07) is 3.92. The van der Waals surface area contributed by atoms with E-state index < -0.39 is 0 Å². The third kappa shape index (κ3) is 6.28. The van der Waals surface area contributed by atoms with Crippen molar-refractivity contribution >= 4 is 0 Å². The van der Waals surface area contributed by atoms with Gasteiger partial charge in [-0.3, -0.25) is 0 Å². The second-order valence-electron chi connectivity index (χ2n) is 3.32. The van der Waals surface area contributed by atoms with Gasteiger partial charge < -0.3 is 19.8 Å². The largest absolute Gasteiger partial charge is 0.469 e. The molecule has 15 heavy (non-hydrogen) atoms. The van der Waals surface area contributed by atoms with Crippen LogP contribution in [0, 0.1) is 0 Å². The summed E-state index contributed by atoms with van der Waals surface area (Å²) >= 11 is 0. The van der Waals surface area contributed by atoms with Crippen molar-refractivity contribution in [1.29, 1.82) is 0 Å². The Morgan fingerprint density at radius 2 is 2.00 bits per heavy atom. The topological polar surface area (TPSA) is 46.4 Å². The summed E-state index contributed by atoms with van der Waals surface area (Å²) in [5.74, 6) is 1.04.